The van der Waals surface area contributed by atoms with Crippen LogP contribution >= 0.6 is 0 Å². The number of amides is 1. The quantitative estimate of drug-likeness (QED) is 0.703. The molecule has 31 heavy (non-hydrogen) atoms. The van der Waals surface area contributed by atoms with E-state index in [0.29, 0.717) is 12.5 Å². The van der Waals surface area contributed by atoms with Crippen molar-refractivity contribution >= 4 is 5.91 Å². The predicted molar refractivity (Wildman–Crippen MR) is 122 cm³/mol. The molecule has 5 heteroatoms. The molecular weight excluding hydrogens is 389 g/mol. The molecule has 2 aromatic rings. The second-order valence-corrected chi connectivity index (χ2v) is 9.14. The summed E-state index contributed by atoms with van der Waals surface area (Å²) in [7, 11) is 0. The summed E-state index contributed by atoms with van der Waals surface area (Å²) in [5.74, 6) is 0.578. The van der Waals surface area contributed by atoms with Crippen molar-refractivity contribution < 1.29 is 9.18 Å². The number of likely N-dealkylation sites (tertiary alicyclic amines) is 2. The molecule has 2 atom stereocenters. The van der Waals surface area contributed by atoms with Crippen molar-refractivity contribution in [2.24, 2.45) is 11.8 Å². The highest BCUT2D eigenvalue weighted by molar-refractivity contribution is 5.79. The van der Waals surface area contributed by atoms with Crippen LogP contribution in [-0.4, -0.2) is 55.0 Å². The Balaban J connectivity index is 1.17. The molecule has 0 aliphatic carbocycles. The van der Waals surface area contributed by atoms with Crippen molar-refractivity contribution in [2.75, 3.05) is 39.3 Å². The van der Waals surface area contributed by atoms with Crippen LogP contribution in [0.2, 0.25) is 0 Å². The Morgan fingerprint density at radius 3 is 2.65 bits per heavy atom. The highest BCUT2D eigenvalue weighted by atomic mass is 19.1. The molecule has 2 unspecified atom stereocenters. The van der Waals surface area contributed by atoms with Crippen LogP contribution in [0.4, 0.5) is 4.39 Å². The van der Waals surface area contributed by atoms with Crippen molar-refractivity contribution in [1.29, 1.82) is 0 Å². The average Bonchev–Trinajstić information content (AvgIpc) is 3.25. The summed E-state index contributed by atoms with van der Waals surface area (Å²) in [5.41, 5.74) is 2.36. The van der Waals surface area contributed by atoms with Gasteiger partial charge in [-0.15, -0.1) is 0 Å². The van der Waals surface area contributed by atoms with E-state index in [1.165, 1.54) is 11.6 Å². The lowest BCUT2D eigenvalue weighted by atomic mass is 9.96. The highest BCUT2D eigenvalue weighted by Crippen LogP contribution is 2.20. The molecule has 2 aliphatic heterocycles. The van der Waals surface area contributed by atoms with E-state index in [9.17, 15) is 9.18 Å². The molecule has 0 saturated carbocycles. The van der Waals surface area contributed by atoms with Crippen molar-refractivity contribution in [3.05, 3.63) is 71.5 Å². The molecular formula is C26H34FN3O. The zero-order chi connectivity index (χ0) is 21.5. The van der Waals surface area contributed by atoms with Crippen molar-refractivity contribution in [1.82, 2.24) is 15.1 Å². The van der Waals surface area contributed by atoms with Gasteiger partial charge in [0.15, 0.2) is 0 Å². The van der Waals surface area contributed by atoms with Gasteiger partial charge >= 0.3 is 0 Å². The number of hydrogen-bond donors (Lipinski definition) is 1. The number of piperidine rings is 1. The van der Waals surface area contributed by atoms with Gasteiger partial charge in [0, 0.05) is 32.7 Å². The van der Waals surface area contributed by atoms with Gasteiger partial charge in [-0.3, -0.25) is 9.69 Å². The smallest absolute Gasteiger partial charge is 0.224 e. The van der Waals surface area contributed by atoms with E-state index in [1.807, 2.05) is 6.07 Å². The molecule has 4 rings (SSSR count). The van der Waals surface area contributed by atoms with E-state index in [4.69, 9.17) is 0 Å². The van der Waals surface area contributed by atoms with E-state index >= 15 is 0 Å². The summed E-state index contributed by atoms with van der Waals surface area (Å²) in [5, 5.41) is 3.23. The molecule has 2 saturated heterocycles. The fourth-order valence-electron chi connectivity index (χ4n) is 4.91. The Kier molecular flexibility index (Phi) is 7.71. The molecule has 166 valence electrons. The number of nitrogens with one attached hydrogen (secondary N) is 1. The van der Waals surface area contributed by atoms with Crippen LogP contribution in [0.1, 0.15) is 30.4 Å². The number of carbonyl (C=O) groups excluding carboxylic acids is 1. The van der Waals surface area contributed by atoms with Gasteiger partial charge in [-0.05, 0) is 68.0 Å². The maximum atomic E-state index is 13.5. The van der Waals surface area contributed by atoms with E-state index in [1.54, 1.807) is 12.1 Å². The molecule has 2 aliphatic rings. The first-order valence-corrected chi connectivity index (χ1v) is 11.7. The predicted octanol–water partition coefficient (Wildman–Crippen LogP) is 3.72. The van der Waals surface area contributed by atoms with Crippen LogP contribution in [-0.2, 0) is 17.8 Å². The van der Waals surface area contributed by atoms with Gasteiger partial charge in [0.2, 0.25) is 5.91 Å². The van der Waals surface area contributed by atoms with E-state index in [-0.39, 0.29) is 17.6 Å². The number of rotatable bonds is 8. The summed E-state index contributed by atoms with van der Waals surface area (Å²) in [4.78, 5) is 17.6. The second kappa shape index (κ2) is 10.9. The number of benzene rings is 2. The number of hydrogen-bond acceptors (Lipinski definition) is 3. The second-order valence-electron chi connectivity index (χ2n) is 9.14. The van der Waals surface area contributed by atoms with Gasteiger partial charge in [0.1, 0.15) is 5.82 Å². The molecule has 2 heterocycles. The largest absolute Gasteiger partial charge is 0.355 e. The Labute approximate surface area is 185 Å². The molecule has 4 nitrogen and oxygen atoms in total. The third-order valence-corrected chi connectivity index (χ3v) is 6.67. The minimum Gasteiger partial charge on any atom is -0.355 e. The van der Waals surface area contributed by atoms with Crippen LogP contribution < -0.4 is 5.32 Å². The Bertz CT molecular complexity index is 844. The first-order valence-electron chi connectivity index (χ1n) is 11.7. The lowest BCUT2D eigenvalue weighted by Gasteiger charge is -2.32. The number of nitrogens with zero attached hydrogens (tertiary/aromatic N) is 2. The van der Waals surface area contributed by atoms with Gasteiger partial charge < -0.3 is 10.2 Å². The molecule has 0 aromatic heterocycles. The molecule has 0 radical (unpaired) electrons. The van der Waals surface area contributed by atoms with Gasteiger partial charge in [0.05, 0.1) is 5.92 Å². The monoisotopic (exact) mass is 423 g/mol. The van der Waals surface area contributed by atoms with E-state index < -0.39 is 0 Å². The van der Waals surface area contributed by atoms with Crippen molar-refractivity contribution in [3.8, 4) is 0 Å². The summed E-state index contributed by atoms with van der Waals surface area (Å²) in [6.45, 7) is 6.50. The van der Waals surface area contributed by atoms with Crippen LogP contribution in [0, 0.1) is 17.7 Å². The van der Waals surface area contributed by atoms with Crippen LogP contribution in [0.3, 0.4) is 0 Å². The van der Waals surface area contributed by atoms with E-state index in [0.717, 1.165) is 70.5 Å². The zero-order valence-electron chi connectivity index (χ0n) is 18.3. The Morgan fingerprint density at radius 1 is 0.968 bits per heavy atom. The fraction of sp³-hybridized carbons (Fsp3) is 0.500. The van der Waals surface area contributed by atoms with Crippen LogP contribution in [0.5, 0.6) is 0 Å². The Hall–Kier alpha value is -2.24. The first kappa shape index (κ1) is 22.0. The summed E-state index contributed by atoms with van der Waals surface area (Å²) in [6, 6.07) is 17.4. The highest BCUT2D eigenvalue weighted by Gasteiger charge is 2.27. The molecule has 1 N–H and O–H groups in total. The zero-order valence-corrected chi connectivity index (χ0v) is 18.3. The number of halogens is 1. The first-order chi connectivity index (χ1) is 15.2. The Morgan fingerprint density at radius 2 is 1.81 bits per heavy atom. The molecule has 0 spiro atoms. The van der Waals surface area contributed by atoms with Crippen molar-refractivity contribution in [2.45, 2.75) is 32.2 Å². The van der Waals surface area contributed by atoms with E-state index in [2.05, 4.69) is 45.4 Å². The molecule has 1 amide bonds. The topological polar surface area (TPSA) is 35.6 Å². The molecule has 2 fully saturated rings. The van der Waals surface area contributed by atoms with Gasteiger partial charge in [-0.1, -0.05) is 42.5 Å². The lowest BCUT2D eigenvalue weighted by Crippen LogP contribution is -2.44. The third-order valence-electron chi connectivity index (χ3n) is 6.67. The SMILES string of the molecule is O=C(NCC1CCN(CCc2ccccc2)C1)C1CCCN(Cc2cccc(F)c2)C1. The normalized spacial score (nSPS) is 22.5. The average molecular weight is 424 g/mol. The van der Waals surface area contributed by atoms with Crippen molar-refractivity contribution in [3.63, 3.8) is 0 Å². The standard InChI is InChI=1S/C26H34FN3O/c27-25-10-4-8-22(16-25)18-30-13-5-9-24(20-30)26(31)28-17-23-12-15-29(19-23)14-11-21-6-2-1-3-7-21/h1-4,6-8,10,16,23-24H,5,9,11-15,17-20H2,(H,28,31). The van der Waals surface area contributed by atoms with Gasteiger partial charge in [-0.2, -0.15) is 0 Å². The molecule has 2 aromatic carbocycles. The van der Waals surface area contributed by atoms with Gasteiger partial charge in [-0.25, -0.2) is 4.39 Å². The lowest BCUT2D eigenvalue weighted by molar-refractivity contribution is -0.126. The summed E-state index contributed by atoms with van der Waals surface area (Å²) < 4.78 is 13.5. The fourth-order valence-corrected chi connectivity index (χ4v) is 4.91. The van der Waals surface area contributed by atoms with Crippen LogP contribution in [0.25, 0.3) is 0 Å². The minimum absolute atomic E-state index is 0.0397. The molecule has 0 bridgehead atoms. The van der Waals surface area contributed by atoms with Crippen LogP contribution in [0.15, 0.2) is 54.6 Å². The third kappa shape index (κ3) is 6.62. The summed E-state index contributed by atoms with van der Waals surface area (Å²) in [6.07, 6.45) is 4.21. The minimum atomic E-state index is -0.196. The number of carbonyl (C=O) groups is 1. The maximum Gasteiger partial charge on any atom is 0.224 e. The van der Waals surface area contributed by atoms with Gasteiger partial charge in [0.25, 0.3) is 0 Å². The summed E-state index contributed by atoms with van der Waals surface area (Å²) >= 11 is 0. The maximum absolute atomic E-state index is 13.5.